The Kier molecular flexibility index (Phi) is 4.51. The van der Waals surface area contributed by atoms with E-state index >= 15 is 0 Å². The van der Waals surface area contributed by atoms with E-state index in [0.29, 0.717) is 22.1 Å². The molecule has 0 aliphatic carbocycles. The highest BCUT2D eigenvalue weighted by molar-refractivity contribution is 7.21. The first-order chi connectivity index (χ1) is 12.7. The quantitative estimate of drug-likeness (QED) is 0.400. The van der Waals surface area contributed by atoms with Crippen LogP contribution in [0.15, 0.2) is 70.2 Å². The molecule has 4 rings (SSSR count). The number of thiazole rings is 1. The van der Waals surface area contributed by atoms with Crippen LogP contribution in [0.5, 0.6) is 0 Å². The molecule has 5 nitrogen and oxygen atoms in total. The Balaban J connectivity index is 1.46. The summed E-state index contributed by atoms with van der Waals surface area (Å²) < 4.78 is 6.83. The van der Waals surface area contributed by atoms with Crippen LogP contribution < -0.4 is 5.43 Å². The molecule has 1 amide bonds. The Morgan fingerprint density at radius 1 is 1.15 bits per heavy atom. The minimum atomic E-state index is -0.346. The number of nitrogens with one attached hydrogen (secondary N) is 1. The maximum atomic E-state index is 12.0. The van der Waals surface area contributed by atoms with Crippen LogP contribution in [0.2, 0.25) is 5.02 Å². The molecule has 0 radical (unpaired) electrons. The van der Waals surface area contributed by atoms with Gasteiger partial charge in [-0.3, -0.25) is 4.79 Å². The predicted octanol–water partition coefficient (Wildman–Crippen LogP) is 4.97. The first-order valence-corrected chi connectivity index (χ1v) is 8.93. The van der Waals surface area contributed by atoms with Crippen LogP contribution in [-0.2, 0) is 0 Å². The summed E-state index contributed by atoms with van der Waals surface area (Å²) >= 11 is 7.43. The van der Waals surface area contributed by atoms with Crippen molar-refractivity contribution in [2.45, 2.75) is 0 Å². The van der Waals surface area contributed by atoms with Gasteiger partial charge in [0.2, 0.25) is 0 Å². The molecule has 4 aromatic rings. The van der Waals surface area contributed by atoms with Crippen LogP contribution in [0.25, 0.3) is 21.0 Å². The molecule has 0 spiro atoms. The highest BCUT2D eigenvalue weighted by atomic mass is 35.5. The lowest BCUT2D eigenvalue weighted by molar-refractivity contribution is 0.0955. The summed E-state index contributed by atoms with van der Waals surface area (Å²) in [6.45, 7) is 0. The average molecular weight is 382 g/mol. The first kappa shape index (κ1) is 16.5. The van der Waals surface area contributed by atoms with Crippen LogP contribution in [0.1, 0.15) is 16.1 Å². The maximum Gasteiger partial charge on any atom is 0.271 e. The van der Waals surface area contributed by atoms with E-state index in [9.17, 15) is 4.79 Å². The minimum absolute atomic E-state index is 0.346. The molecule has 0 saturated carbocycles. The van der Waals surface area contributed by atoms with Gasteiger partial charge in [0.05, 0.1) is 16.4 Å². The van der Waals surface area contributed by atoms with Crippen LogP contribution >= 0.6 is 22.9 Å². The number of halogens is 1. The van der Waals surface area contributed by atoms with Crippen molar-refractivity contribution in [2.75, 3.05) is 0 Å². The van der Waals surface area contributed by atoms with E-state index in [1.165, 1.54) is 6.21 Å². The normalized spacial score (nSPS) is 11.3. The monoisotopic (exact) mass is 381 g/mol. The number of nitrogens with zero attached hydrogens (tertiary/aromatic N) is 2. The third-order valence-electron chi connectivity index (χ3n) is 3.58. The largest absolute Gasteiger partial charge is 0.453 e. The zero-order chi connectivity index (χ0) is 17.9. The van der Waals surface area contributed by atoms with Crippen molar-refractivity contribution >= 4 is 45.3 Å². The van der Waals surface area contributed by atoms with Crippen LogP contribution in [0, 0.1) is 0 Å². The van der Waals surface area contributed by atoms with Gasteiger partial charge in [0.1, 0.15) is 5.76 Å². The molecular weight excluding hydrogens is 370 g/mol. The Morgan fingerprint density at radius 2 is 2.04 bits per heavy atom. The topological polar surface area (TPSA) is 67.5 Å². The van der Waals surface area contributed by atoms with Gasteiger partial charge < -0.3 is 4.42 Å². The molecule has 128 valence electrons. The van der Waals surface area contributed by atoms with Crippen molar-refractivity contribution in [3.63, 3.8) is 0 Å². The number of para-hydroxylation sites is 1. The molecular formula is C19H12ClN3O2S. The van der Waals surface area contributed by atoms with Crippen molar-refractivity contribution in [2.24, 2.45) is 5.10 Å². The Bertz CT molecular complexity index is 1080. The molecule has 1 N–H and O–H groups in total. The number of amides is 1. The zero-order valence-electron chi connectivity index (χ0n) is 13.3. The molecule has 2 heterocycles. The van der Waals surface area contributed by atoms with E-state index in [4.69, 9.17) is 16.0 Å². The molecule has 0 saturated heterocycles. The fraction of sp³-hybridized carbons (Fsp3) is 0. The molecule has 2 aromatic carbocycles. The number of carbonyl (C=O) groups is 1. The Labute approximate surface area is 157 Å². The van der Waals surface area contributed by atoms with Gasteiger partial charge in [0, 0.05) is 10.6 Å². The van der Waals surface area contributed by atoms with E-state index in [-0.39, 0.29) is 5.91 Å². The SMILES string of the molecule is O=C(N/N=C\c1ccc(-c2nc3ccccc3s2)o1)c1cccc(Cl)c1. The highest BCUT2D eigenvalue weighted by Crippen LogP contribution is 2.30. The smallest absolute Gasteiger partial charge is 0.271 e. The average Bonchev–Trinajstić information content (AvgIpc) is 3.28. The van der Waals surface area contributed by atoms with E-state index in [1.807, 2.05) is 30.3 Å². The van der Waals surface area contributed by atoms with E-state index in [0.717, 1.165) is 15.2 Å². The lowest BCUT2D eigenvalue weighted by Crippen LogP contribution is -2.17. The fourth-order valence-electron chi connectivity index (χ4n) is 2.36. The van der Waals surface area contributed by atoms with E-state index in [2.05, 4.69) is 15.5 Å². The van der Waals surface area contributed by atoms with Crippen LogP contribution in [0.4, 0.5) is 0 Å². The summed E-state index contributed by atoms with van der Waals surface area (Å²) in [4.78, 5) is 16.5. The lowest BCUT2D eigenvalue weighted by Gasteiger charge is -1.99. The summed E-state index contributed by atoms with van der Waals surface area (Å²) in [5, 5.41) is 5.21. The van der Waals surface area contributed by atoms with Gasteiger partial charge >= 0.3 is 0 Å². The number of aromatic nitrogens is 1. The number of hydrogen-bond acceptors (Lipinski definition) is 5. The number of furan rings is 1. The molecule has 0 fully saturated rings. The number of hydrogen-bond donors (Lipinski definition) is 1. The third-order valence-corrected chi connectivity index (χ3v) is 4.86. The standard InChI is InChI=1S/C19H12ClN3O2S/c20-13-5-3-4-12(10-13)18(24)23-21-11-14-8-9-16(25-14)19-22-15-6-1-2-7-17(15)26-19/h1-11H,(H,23,24)/b21-11-. The number of benzene rings is 2. The highest BCUT2D eigenvalue weighted by Gasteiger charge is 2.10. The van der Waals surface area contributed by atoms with Crippen LogP contribution in [0.3, 0.4) is 0 Å². The minimum Gasteiger partial charge on any atom is -0.453 e. The number of rotatable bonds is 4. The van der Waals surface area contributed by atoms with Gasteiger partial charge in [0.25, 0.3) is 5.91 Å². The van der Waals surface area contributed by atoms with Gasteiger partial charge in [0.15, 0.2) is 10.8 Å². The first-order valence-electron chi connectivity index (χ1n) is 7.74. The summed E-state index contributed by atoms with van der Waals surface area (Å²) in [6, 6.07) is 18.2. The second-order valence-corrected chi connectivity index (χ2v) is 6.87. The van der Waals surface area contributed by atoms with Gasteiger partial charge in [-0.15, -0.1) is 11.3 Å². The summed E-state index contributed by atoms with van der Waals surface area (Å²) in [7, 11) is 0. The molecule has 0 bridgehead atoms. The fourth-order valence-corrected chi connectivity index (χ4v) is 3.48. The summed E-state index contributed by atoms with van der Waals surface area (Å²) in [6.07, 6.45) is 1.44. The van der Waals surface area contributed by atoms with Crippen molar-refractivity contribution in [1.82, 2.24) is 10.4 Å². The van der Waals surface area contributed by atoms with Crippen molar-refractivity contribution in [3.8, 4) is 10.8 Å². The number of fused-ring (bicyclic) bond motifs is 1. The molecule has 2 aromatic heterocycles. The lowest BCUT2D eigenvalue weighted by atomic mass is 10.2. The second-order valence-electron chi connectivity index (χ2n) is 5.40. The third kappa shape index (κ3) is 3.51. The Morgan fingerprint density at radius 3 is 2.88 bits per heavy atom. The van der Waals surface area contributed by atoms with E-state index in [1.54, 1.807) is 41.7 Å². The van der Waals surface area contributed by atoms with Gasteiger partial charge in [-0.05, 0) is 42.5 Å². The summed E-state index contributed by atoms with van der Waals surface area (Å²) in [5.74, 6) is 0.834. The van der Waals surface area contributed by atoms with Gasteiger partial charge in [-0.25, -0.2) is 10.4 Å². The number of hydrazone groups is 1. The van der Waals surface area contributed by atoms with Gasteiger partial charge in [-0.2, -0.15) is 5.10 Å². The molecule has 26 heavy (non-hydrogen) atoms. The van der Waals surface area contributed by atoms with Crippen LogP contribution in [-0.4, -0.2) is 17.1 Å². The zero-order valence-corrected chi connectivity index (χ0v) is 14.9. The molecule has 7 heteroatoms. The molecule has 0 aliphatic heterocycles. The molecule has 0 aliphatic rings. The van der Waals surface area contributed by atoms with Crippen molar-refractivity contribution in [1.29, 1.82) is 0 Å². The second kappa shape index (κ2) is 7.11. The van der Waals surface area contributed by atoms with Crippen molar-refractivity contribution in [3.05, 3.63) is 77.0 Å². The van der Waals surface area contributed by atoms with Gasteiger partial charge in [-0.1, -0.05) is 29.8 Å². The summed E-state index contributed by atoms with van der Waals surface area (Å²) in [5.41, 5.74) is 3.82. The predicted molar refractivity (Wildman–Crippen MR) is 104 cm³/mol. The maximum absolute atomic E-state index is 12.0. The molecule has 0 atom stereocenters. The Hall–Kier alpha value is -2.96. The van der Waals surface area contributed by atoms with E-state index < -0.39 is 0 Å². The number of carbonyl (C=O) groups excluding carboxylic acids is 1. The van der Waals surface area contributed by atoms with Crippen molar-refractivity contribution < 1.29 is 9.21 Å². The molecule has 0 unspecified atom stereocenters.